The lowest BCUT2D eigenvalue weighted by atomic mass is 10.1. The Morgan fingerprint density at radius 1 is 1.25 bits per heavy atom. The lowest BCUT2D eigenvalue weighted by Gasteiger charge is -2.25. The number of sulfone groups is 1. The fourth-order valence-corrected chi connectivity index (χ4v) is 6.88. The molecule has 0 aliphatic carbocycles. The molecule has 0 saturated carbocycles. The van der Waals surface area contributed by atoms with Gasteiger partial charge in [0.05, 0.1) is 17.5 Å². The van der Waals surface area contributed by atoms with Crippen LogP contribution in [0, 0.1) is 19.8 Å². The van der Waals surface area contributed by atoms with E-state index in [1.54, 1.807) is 0 Å². The zero-order valence-corrected chi connectivity index (χ0v) is 15.9. The van der Waals surface area contributed by atoms with Gasteiger partial charge >= 0.3 is 0 Å². The van der Waals surface area contributed by atoms with Crippen molar-refractivity contribution in [3.8, 4) is 0 Å². The third-order valence-corrected chi connectivity index (χ3v) is 7.74. The van der Waals surface area contributed by atoms with Crippen LogP contribution in [0.2, 0.25) is 0 Å². The maximum Gasteiger partial charge on any atom is 0.250 e. The molecule has 0 unspecified atom stereocenters. The number of rotatable bonds is 2. The Bertz CT molecular complexity index is 815. The van der Waals surface area contributed by atoms with Gasteiger partial charge in [-0.2, -0.15) is 4.99 Å². The quantitative estimate of drug-likeness (QED) is 0.805. The average molecular weight is 367 g/mol. The number of benzene rings is 1. The molecular formula is C17H22N2O3S2. The summed E-state index contributed by atoms with van der Waals surface area (Å²) < 4.78 is 24.1. The minimum Gasteiger partial charge on any atom is -0.316 e. The van der Waals surface area contributed by atoms with Crippen LogP contribution >= 0.6 is 11.8 Å². The van der Waals surface area contributed by atoms with Crippen LogP contribution in [0.3, 0.4) is 0 Å². The molecule has 0 spiro atoms. The molecule has 1 aromatic rings. The normalized spacial score (nSPS) is 27.0. The van der Waals surface area contributed by atoms with Crippen molar-refractivity contribution in [3.05, 3.63) is 29.3 Å². The number of amides is 1. The van der Waals surface area contributed by atoms with Gasteiger partial charge in [0, 0.05) is 16.9 Å². The largest absolute Gasteiger partial charge is 0.316 e. The monoisotopic (exact) mass is 366 g/mol. The first kappa shape index (κ1) is 17.5. The minimum absolute atomic E-state index is 0.0599. The molecule has 130 valence electrons. The molecule has 2 heterocycles. The predicted octanol–water partition coefficient (Wildman–Crippen LogP) is 2.56. The van der Waals surface area contributed by atoms with Gasteiger partial charge in [-0.15, -0.1) is 0 Å². The van der Waals surface area contributed by atoms with E-state index in [2.05, 4.69) is 4.99 Å². The summed E-state index contributed by atoms with van der Waals surface area (Å²) in [6.45, 7) is 7.70. The van der Waals surface area contributed by atoms with Gasteiger partial charge in [-0.25, -0.2) is 8.42 Å². The highest BCUT2D eigenvalue weighted by Crippen LogP contribution is 2.41. The summed E-state index contributed by atoms with van der Waals surface area (Å²) >= 11 is 1.42. The van der Waals surface area contributed by atoms with Crippen molar-refractivity contribution in [2.45, 2.75) is 39.0 Å². The summed E-state index contributed by atoms with van der Waals surface area (Å²) in [7, 11) is -3.04. The number of anilines is 1. The summed E-state index contributed by atoms with van der Waals surface area (Å²) in [6, 6.07) is 5.89. The van der Waals surface area contributed by atoms with Crippen molar-refractivity contribution >= 4 is 38.4 Å². The first-order valence-corrected chi connectivity index (χ1v) is 10.7. The molecule has 0 radical (unpaired) electrons. The molecule has 2 fully saturated rings. The number of nitrogens with zero attached hydrogens (tertiary/aromatic N) is 2. The number of carbonyl (C=O) groups excluding carboxylic acids is 1. The van der Waals surface area contributed by atoms with E-state index in [0.717, 1.165) is 11.3 Å². The Morgan fingerprint density at radius 3 is 2.58 bits per heavy atom. The number of amidine groups is 1. The van der Waals surface area contributed by atoms with E-state index >= 15 is 0 Å². The molecule has 7 heteroatoms. The molecule has 0 aromatic heterocycles. The molecule has 0 N–H and O–H groups in total. The van der Waals surface area contributed by atoms with Crippen LogP contribution in [-0.4, -0.2) is 42.3 Å². The zero-order chi connectivity index (χ0) is 17.6. The number of thioether (sulfide) groups is 1. The smallest absolute Gasteiger partial charge is 0.250 e. The second-order valence-corrected chi connectivity index (χ2v) is 10.2. The molecule has 1 amide bonds. The Kier molecular flexibility index (Phi) is 4.51. The minimum atomic E-state index is -3.04. The van der Waals surface area contributed by atoms with E-state index in [1.165, 1.54) is 17.3 Å². The molecule has 24 heavy (non-hydrogen) atoms. The summed E-state index contributed by atoms with van der Waals surface area (Å²) in [4.78, 5) is 18.3. The van der Waals surface area contributed by atoms with Gasteiger partial charge in [0.1, 0.15) is 0 Å². The van der Waals surface area contributed by atoms with E-state index in [9.17, 15) is 13.2 Å². The maximum absolute atomic E-state index is 12.1. The van der Waals surface area contributed by atoms with Crippen LogP contribution in [0.4, 0.5) is 5.69 Å². The van der Waals surface area contributed by atoms with Gasteiger partial charge in [-0.1, -0.05) is 31.7 Å². The first-order chi connectivity index (χ1) is 11.2. The summed E-state index contributed by atoms with van der Waals surface area (Å²) in [5.41, 5.74) is 3.22. The highest BCUT2D eigenvalue weighted by atomic mass is 32.2. The second kappa shape index (κ2) is 6.19. The topological polar surface area (TPSA) is 66.8 Å². The van der Waals surface area contributed by atoms with Crippen LogP contribution < -0.4 is 4.90 Å². The predicted molar refractivity (Wildman–Crippen MR) is 99.5 cm³/mol. The molecule has 2 atom stereocenters. The van der Waals surface area contributed by atoms with Crippen LogP contribution in [0.25, 0.3) is 0 Å². The zero-order valence-electron chi connectivity index (χ0n) is 14.3. The Labute approximate surface area is 147 Å². The number of aliphatic imine (C=N–C) groups is 1. The molecule has 0 bridgehead atoms. The number of hydrogen-bond acceptors (Lipinski definition) is 4. The Balaban J connectivity index is 2.04. The van der Waals surface area contributed by atoms with Gasteiger partial charge in [-0.05, 0) is 37.1 Å². The molecule has 3 rings (SSSR count). The van der Waals surface area contributed by atoms with Crippen LogP contribution in [0.1, 0.15) is 25.0 Å². The number of aryl methyl sites for hydroxylation is 2. The van der Waals surface area contributed by atoms with Crippen molar-refractivity contribution in [1.29, 1.82) is 0 Å². The molecule has 2 aliphatic heterocycles. The van der Waals surface area contributed by atoms with Gasteiger partial charge in [0.25, 0.3) is 5.91 Å². The Morgan fingerprint density at radius 2 is 1.96 bits per heavy atom. The van der Waals surface area contributed by atoms with E-state index in [4.69, 9.17) is 0 Å². The molecule has 5 nitrogen and oxygen atoms in total. The molecular weight excluding hydrogens is 344 g/mol. The highest BCUT2D eigenvalue weighted by molar-refractivity contribution is 8.16. The fraction of sp³-hybridized carbons (Fsp3) is 0.529. The SMILES string of the molecule is Cc1ccc(N2C(=NC(=O)C(C)C)S[C@H]3CS(=O)(=O)C[C@H]32)cc1C. The molecule has 1 aromatic carbocycles. The van der Waals surface area contributed by atoms with Crippen molar-refractivity contribution < 1.29 is 13.2 Å². The lowest BCUT2D eigenvalue weighted by Crippen LogP contribution is -2.37. The summed E-state index contributed by atoms with van der Waals surface area (Å²) in [5, 5.41) is 0.567. The van der Waals surface area contributed by atoms with Crippen molar-refractivity contribution in [1.82, 2.24) is 0 Å². The van der Waals surface area contributed by atoms with E-state index in [-0.39, 0.29) is 34.6 Å². The number of carbonyl (C=O) groups is 1. The van der Waals surface area contributed by atoms with E-state index in [0.29, 0.717) is 5.17 Å². The summed E-state index contributed by atoms with van der Waals surface area (Å²) in [6.07, 6.45) is 0. The lowest BCUT2D eigenvalue weighted by molar-refractivity contribution is -0.120. The molecule has 2 aliphatic rings. The van der Waals surface area contributed by atoms with Crippen LogP contribution in [0.5, 0.6) is 0 Å². The van der Waals surface area contributed by atoms with Gasteiger partial charge in [0.15, 0.2) is 15.0 Å². The third kappa shape index (κ3) is 3.24. The second-order valence-electron chi connectivity index (χ2n) is 6.83. The fourth-order valence-electron chi connectivity index (χ4n) is 2.97. The van der Waals surface area contributed by atoms with Crippen LogP contribution in [0.15, 0.2) is 23.2 Å². The van der Waals surface area contributed by atoms with Gasteiger partial charge < -0.3 is 4.90 Å². The van der Waals surface area contributed by atoms with Gasteiger partial charge in [-0.3, -0.25) is 4.79 Å². The van der Waals surface area contributed by atoms with E-state index < -0.39 is 9.84 Å². The third-order valence-electron chi connectivity index (χ3n) is 4.53. The van der Waals surface area contributed by atoms with E-state index in [1.807, 2.05) is 50.8 Å². The first-order valence-electron chi connectivity index (χ1n) is 8.04. The highest BCUT2D eigenvalue weighted by Gasteiger charge is 2.49. The maximum atomic E-state index is 12.1. The van der Waals surface area contributed by atoms with Crippen LogP contribution in [-0.2, 0) is 14.6 Å². The summed E-state index contributed by atoms with van der Waals surface area (Å²) in [5.74, 6) is -0.0801. The van der Waals surface area contributed by atoms with Crippen molar-refractivity contribution in [2.24, 2.45) is 10.9 Å². The van der Waals surface area contributed by atoms with Gasteiger partial charge in [0.2, 0.25) is 0 Å². The standard InChI is InChI=1S/C17H22N2O3S2/c1-10(2)16(20)18-17-19(13-6-5-11(3)12(4)7-13)14-8-24(21,22)9-15(14)23-17/h5-7,10,14-15H,8-9H2,1-4H3/t14-,15+/m1/s1. The number of hydrogen-bond donors (Lipinski definition) is 0. The van der Waals surface area contributed by atoms with Crippen molar-refractivity contribution in [3.63, 3.8) is 0 Å². The molecule has 2 saturated heterocycles. The average Bonchev–Trinajstić information content (AvgIpc) is 2.93. The Hall–Kier alpha value is -1.34. The van der Waals surface area contributed by atoms with Crippen molar-refractivity contribution in [2.75, 3.05) is 16.4 Å². The number of fused-ring (bicyclic) bond motifs is 1.